The fourth-order valence-electron chi connectivity index (χ4n) is 2.50. The molecule has 0 saturated heterocycles. The number of carbonyl (C=O) groups is 1. The zero-order valence-corrected chi connectivity index (χ0v) is 12.9. The van der Waals surface area contributed by atoms with Gasteiger partial charge in [-0.05, 0) is 30.2 Å². The molecule has 3 rings (SSSR count). The van der Waals surface area contributed by atoms with E-state index in [4.69, 9.17) is 4.74 Å². The molecule has 0 radical (unpaired) electrons. The van der Waals surface area contributed by atoms with Crippen LogP contribution in [0.15, 0.2) is 60.8 Å². The monoisotopic (exact) mass is 308 g/mol. The van der Waals surface area contributed by atoms with Crippen LogP contribution < -0.4 is 10.1 Å². The normalized spacial score (nSPS) is 10.6. The summed E-state index contributed by atoms with van der Waals surface area (Å²) in [7, 11) is 0. The molecule has 0 aliphatic heterocycles. The van der Waals surface area contributed by atoms with Crippen LogP contribution in [0, 0.1) is 0 Å². The summed E-state index contributed by atoms with van der Waals surface area (Å²) in [5, 5.41) is 4.11. The molecule has 3 aromatic rings. The molecule has 0 saturated carbocycles. The van der Waals surface area contributed by atoms with Crippen molar-refractivity contribution in [3.63, 3.8) is 0 Å². The van der Waals surface area contributed by atoms with E-state index in [1.54, 1.807) is 0 Å². The molecule has 1 amide bonds. The molecule has 0 aliphatic rings. The average molecular weight is 308 g/mol. The maximum Gasteiger partial charge on any atom is 0.220 e. The number of hydrogen-bond acceptors (Lipinski definition) is 2. The van der Waals surface area contributed by atoms with Gasteiger partial charge < -0.3 is 15.0 Å². The Kier molecular flexibility index (Phi) is 4.94. The number of carbonyl (C=O) groups excluding carboxylic acids is 1. The lowest BCUT2D eigenvalue weighted by Gasteiger charge is -2.06. The van der Waals surface area contributed by atoms with Gasteiger partial charge in [-0.25, -0.2) is 0 Å². The number of aromatic nitrogens is 1. The third-order valence-corrected chi connectivity index (χ3v) is 3.71. The third-order valence-electron chi connectivity index (χ3n) is 3.71. The number of amides is 1. The summed E-state index contributed by atoms with van der Waals surface area (Å²) in [6, 6.07) is 17.7. The average Bonchev–Trinajstić information content (AvgIpc) is 3.01. The molecule has 118 valence electrons. The fourth-order valence-corrected chi connectivity index (χ4v) is 2.50. The van der Waals surface area contributed by atoms with Gasteiger partial charge in [0.25, 0.3) is 0 Å². The Hall–Kier alpha value is -2.75. The number of aromatic amines is 1. The third kappa shape index (κ3) is 4.13. The van der Waals surface area contributed by atoms with Gasteiger partial charge in [0.15, 0.2) is 0 Å². The summed E-state index contributed by atoms with van der Waals surface area (Å²) >= 11 is 0. The lowest BCUT2D eigenvalue weighted by Crippen LogP contribution is -2.22. The van der Waals surface area contributed by atoms with Gasteiger partial charge >= 0.3 is 0 Å². The summed E-state index contributed by atoms with van der Waals surface area (Å²) < 4.78 is 5.58. The molecule has 0 spiro atoms. The van der Waals surface area contributed by atoms with Crippen LogP contribution >= 0.6 is 0 Å². The van der Waals surface area contributed by atoms with Gasteiger partial charge in [0.05, 0.1) is 6.61 Å². The van der Waals surface area contributed by atoms with Crippen molar-refractivity contribution in [3.8, 4) is 5.75 Å². The molecule has 0 fully saturated rings. The predicted octanol–water partition coefficient (Wildman–Crippen LogP) is 3.64. The molecular weight excluding hydrogens is 288 g/mol. The van der Waals surface area contributed by atoms with Gasteiger partial charge in [0.2, 0.25) is 5.91 Å². The molecule has 2 N–H and O–H groups in total. The first-order valence-corrected chi connectivity index (χ1v) is 7.82. The second-order valence-corrected chi connectivity index (χ2v) is 5.40. The number of nitrogens with one attached hydrogen (secondary N) is 2. The highest BCUT2D eigenvalue weighted by atomic mass is 16.5. The van der Waals surface area contributed by atoms with E-state index in [-0.39, 0.29) is 5.91 Å². The molecule has 0 aliphatic carbocycles. The van der Waals surface area contributed by atoms with Crippen molar-refractivity contribution in [3.05, 3.63) is 66.4 Å². The minimum Gasteiger partial charge on any atom is -0.494 e. The standard InChI is InChI=1S/C19H20N2O2/c22-19(11-6-12-23-16-7-2-1-3-8-16)21-14-15-13-20-18-10-5-4-9-17(15)18/h1-5,7-10,13,20H,6,11-12,14H2,(H,21,22). The number of H-pyrrole nitrogens is 1. The first-order valence-electron chi connectivity index (χ1n) is 7.82. The molecule has 23 heavy (non-hydrogen) atoms. The van der Waals surface area contributed by atoms with Crippen LogP contribution in [0.5, 0.6) is 5.75 Å². The number of ether oxygens (including phenoxy) is 1. The van der Waals surface area contributed by atoms with Crippen LogP contribution in [0.1, 0.15) is 18.4 Å². The minimum absolute atomic E-state index is 0.0481. The highest BCUT2D eigenvalue weighted by Gasteiger charge is 2.05. The Morgan fingerprint density at radius 2 is 1.83 bits per heavy atom. The highest BCUT2D eigenvalue weighted by molar-refractivity contribution is 5.83. The van der Waals surface area contributed by atoms with E-state index in [1.165, 1.54) is 0 Å². The molecule has 4 heteroatoms. The first-order chi connectivity index (χ1) is 11.3. The fraction of sp³-hybridized carbons (Fsp3) is 0.211. The maximum absolute atomic E-state index is 11.9. The maximum atomic E-state index is 11.9. The molecular formula is C19H20N2O2. The van der Waals surface area contributed by atoms with Gasteiger partial charge in [-0.2, -0.15) is 0 Å². The molecule has 1 heterocycles. The number of hydrogen-bond donors (Lipinski definition) is 2. The predicted molar refractivity (Wildman–Crippen MR) is 91.3 cm³/mol. The van der Waals surface area contributed by atoms with Gasteiger partial charge in [0, 0.05) is 30.1 Å². The van der Waals surface area contributed by atoms with Crippen molar-refractivity contribution in [2.45, 2.75) is 19.4 Å². The van der Waals surface area contributed by atoms with Crippen molar-refractivity contribution in [1.29, 1.82) is 0 Å². The summed E-state index contributed by atoms with van der Waals surface area (Å²) in [6.45, 7) is 1.09. The topological polar surface area (TPSA) is 54.1 Å². The van der Waals surface area contributed by atoms with Crippen molar-refractivity contribution in [1.82, 2.24) is 10.3 Å². The van der Waals surface area contributed by atoms with E-state index < -0.39 is 0 Å². The summed E-state index contributed by atoms with van der Waals surface area (Å²) in [5.74, 6) is 0.888. The molecule has 0 unspecified atom stereocenters. The van der Waals surface area contributed by atoms with E-state index in [0.717, 1.165) is 22.2 Å². The van der Waals surface area contributed by atoms with Crippen LogP contribution in [0.25, 0.3) is 10.9 Å². The van der Waals surface area contributed by atoms with Crippen LogP contribution in [0.2, 0.25) is 0 Å². The number of benzene rings is 2. The van der Waals surface area contributed by atoms with Gasteiger partial charge in [-0.15, -0.1) is 0 Å². The second-order valence-electron chi connectivity index (χ2n) is 5.40. The van der Waals surface area contributed by atoms with Crippen LogP contribution in [0.3, 0.4) is 0 Å². The first kappa shape index (κ1) is 15.2. The molecule has 4 nitrogen and oxygen atoms in total. The Balaban J connectivity index is 1.40. The number of rotatable bonds is 7. The summed E-state index contributed by atoms with van der Waals surface area (Å²) in [5.41, 5.74) is 2.20. The quantitative estimate of drug-likeness (QED) is 0.655. The highest BCUT2D eigenvalue weighted by Crippen LogP contribution is 2.17. The smallest absolute Gasteiger partial charge is 0.220 e. The largest absolute Gasteiger partial charge is 0.494 e. The Morgan fingerprint density at radius 1 is 1.04 bits per heavy atom. The lowest BCUT2D eigenvalue weighted by molar-refractivity contribution is -0.121. The zero-order chi connectivity index (χ0) is 15.9. The number of para-hydroxylation sites is 2. The number of fused-ring (bicyclic) bond motifs is 1. The Bertz CT molecular complexity index is 765. The van der Waals surface area contributed by atoms with Crippen LogP contribution in [0.4, 0.5) is 0 Å². The Labute approximate surface area is 135 Å². The van der Waals surface area contributed by atoms with E-state index in [9.17, 15) is 4.79 Å². The van der Waals surface area contributed by atoms with Gasteiger partial charge in [-0.1, -0.05) is 36.4 Å². The van der Waals surface area contributed by atoms with Gasteiger partial charge in [0.1, 0.15) is 5.75 Å². The van der Waals surface area contributed by atoms with Crippen molar-refractivity contribution in [2.75, 3.05) is 6.61 Å². The molecule has 0 atom stereocenters. The van der Waals surface area contributed by atoms with Crippen molar-refractivity contribution in [2.24, 2.45) is 0 Å². The molecule has 0 bridgehead atoms. The molecule has 1 aromatic heterocycles. The summed E-state index contributed by atoms with van der Waals surface area (Å²) in [6.07, 6.45) is 3.12. The molecule has 2 aromatic carbocycles. The zero-order valence-electron chi connectivity index (χ0n) is 12.9. The van der Waals surface area contributed by atoms with Gasteiger partial charge in [-0.3, -0.25) is 4.79 Å². The Morgan fingerprint density at radius 3 is 2.70 bits per heavy atom. The SMILES string of the molecule is O=C(CCCOc1ccccc1)NCc1c[nH]c2ccccc12. The van der Waals surface area contributed by atoms with E-state index in [1.807, 2.05) is 54.7 Å². The second kappa shape index (κ2) is 7.49. The van der Waals surface area contributed by atoms with Crippen molar-refractivity contribution < 1.29 is 9.53 Å². The van der Waals surface area contributed by atoms with Crippen LogP contribution in [-0.2, 0) is 11.3 Å². The van der Waals surface area contributed by atoms with E-state index in [2.05, 4.69) is 16.4 Å². The van der Waals surface area contributed by atoms with Crippen LogP contribution in [-0.4, -0.2) is 17.5 Å². The van der Waals surface area contributed by atoms with E-state index >= 15 is 0 Å². The van der Waals surface area contributed by atoms with Crippen molar-refractivity contribution >= 4 is 16.8 Å². The lowest BCUT2D eigenvalue weighted by atomic mass is 10.2. The summed E-state index contributed by atoms with van der Waals surface area (Å²) in [4.78, 5) is 15.1. The minimum atomic E-state index is 0.0481. The van der Waals surface area contributed by atoms with E-state index in [0.29, 0.717) is 26.0 Å².